The van der Waals surface area contributed by atoms with Crippen LogP contribution in [0, 0.1) is 5.92 Å². The van der Waals surface area contributed by atoms with Crippen LogP contribution >= 0.6 is 0 Å². The molecule has 0 heterocycles. The Labute approximate surface area is 138 Å². The van der Waals surface area contributed by atoms with Crippen molar-refractivity contribution in [1.82, 2.24) is 10.6 Å². The van der Waals surface area contributed by atoms with Gasteiger partial charge in [-0.05, 0) is 36.6 Å². The summed E-state index contributed by atoms with van der Waals surface area (Å²) >= 11 is 0. The highest BCUT2D eigenvalue weighted by molar-refractivity contribution is 5.94. The van der Waals surface area contributed by atoms with Crippen LogP contribution in [-0.2, 0) is 11.3 Å². The van der Waals surface area contributed by atoms with E-state index >= 15 is 0 Å². The van der Waals surface area contributed by atoms with E-state index in [0.29, 0.717) is 19.0 Å². The van der Waals surface area contributed by atoms with Crippen molar-refractivity contribution in [2.24, 2.45) is 5.92 Å². The molecule has 0 saturated carbocycles. The van der Waals surface area contributed by atoms with E-state index < -0.39 is 6.03 Å². The number of amides is 3. The average Bonchev–Trinajstić information content (AvgIpc) is 2.47. The number of hydrogen-bond acceptors (Lipinski definition) is 3. The molecule has 1 atom stereocenters. The van der Waals surface area contributed by atoms with E-state index in [9.17, 15) is 9.59 Å². The molecule has 3 N–H and O–H groups in total. The Hall–Kier alpha value is -2.08. The van der Waals surface area contributed by atoms with Gasteiger partial charge in [-0.1, -0.05) is 13.8 Å². The van der Waals surface area contributed by atoms with Gasteiger partial charge in [0.25, 0.3) is 5.91 Å². The summed E-state index contributed by atoms with van der Waals surface area (Å²) in [5.41, 5.74) is 1.11. The molecule has 0 bridgehead atoms. The fourth-order valence-electron chi connectivity index (χ4n) is 2.12. The average molecular weight is 322 g/mol. The van der Waals surface area contributed by atoms with E-state index in [1.165, 1.54) is 0 Å². The first kappa shape index (κ1) is 19.0. The second-order valence-corrected chi connectivity index (χ2v) is 6.15. The molecule has 3 amide bonds. The van der Waals surface area contributed by atoms with Crippen molar-refractivity contribution in [1.29, 1.82) is 0 Å². The lowest BCUT2D eigenvalue weighted by molar-refractivity contribution is -0.885. The Bertz CT molecular complexity index is 500. The van der Waals surface area contributed by atoms with Crippen molar-refractivity contribution >= 4 is 11.9 Å². The van der Waals surface area contributed by atoms with Gasteiger partial charge in [-0.15, -0.1) is 0 Å². The molecule has 128 valence electrons. The maximum Gasteiger partial charge on any atom is 0.321 e. The maximum atomic E-state index is 11.8. The minimum Gasteiger partial charge on any atom is -0.497 e. The van der Waals surface area contributed by atoms with Crippen LogP contribution in [0.1, 0.15) is 25.8 Å². The zero-order chi connectivity index (χ0) is 17.2. The summed E-state index contributed by atoms with van der Waals surface area (Å²) in [5, 5.41) is 5.05. The van der Waals surface area contributed by atoms with Gasteiger partial charge in [0.2, 0.25) is 0 Å². The number of benzene rings is 1. The molecule has 1 aromatic carbocycles. The Kier molecular flexibility index (Phi) is 8.11. The largest absolute Gasteiger partial charge is 0.497 e. The van der Waals surface area contributed by atoms with Gasteiger partial charge in [-0.2, -0.15) is 0 Å². The van der Waals surface area contributed by atoms with Crippen molar-refractivity contribution in [3.8, 4) is 5.75 Å². The van der Waals surface area contributed by atoms with Gasteiger partial charge in [-0.3, -0.25) is 10.1 Å². The summed E-state index contributed by atoms with van der Waals surface area (Å²) in [6.07, 6.45) is 0.893. The highest BCUT2D eigenvalue weighted by atomic mass is 16.5. The number of carbonyl (C=O) groups excluding carboxylic acids is 2. The van der Waals surface area contributed by atoms with E-state index in [0.717, 1.165) is 22.6 Å². The molecule has 6 nitrogen and oxygen atoms in total. The molecule has 0 aliphatic carbocycles. The fraction of sp³-hybridized carbons (Fsp3) is 0.529. The number of rotatable bonds is 8. The van der Waals surface area contributed by atoms with E-state index in [1.807, 2.05) is 31.3 Å². The second kappa shape index (κ2) is 9.84. The Balaban J connectivity index is 2.30. The molecule has 0 radical (unpaired) electrons. The van der Waals surface area contributed by atoms with Crippen LogP contribution in [0.25, 0.3) is 0 Å². The SMILES string of the molecule is COc1ccc(C[NH+](C)CC(=O)NC(=O)NCCC(C)C)cc1. The molecule has 0 aliphatic heterocycles. The van der Waals surface area contributed by atoms with E-state index in [2.05, 4.69) is 24.5 Å². The van der Waals surface area contributed by atoms with Crippen LogP contribution < -0.4 is 20.3 Å². The first-order valence-corrected chi connectivity index (χ1v) is 7.92. The number of hydrogen-bond donors (Lipinski definition) is 3. The van der Waals surface area contributed by atoms with Gasteiger partial charge in [0.05, 0.1) is 14.2 Å². The fourth-order valence-corrected chi connectivity index (χ4v) is 2.12. The number of imide groups is 1. The first-order chi connectivity index (χ1) is 10.9. The van der Waals surface area contributed by atoms with Gasteiger partial charge in [-0.25, -0.2) is 4.79 Å². The van der Waals surface area contributed by atoms with Crippen LogP contribution in [0.3, 0.4) is 0 Å². The lowest BCUT2D eigenvalue weighted by Gasteiger charge is -2.14. The van der Waals surface area contributed by atoms with Crippen molar-refractivity contribution in [2.45, 2.75) is 26.8 Å². The van der Waals surface area contributed by atoms with Crippen molar-refractivity contribution in [3.05, 3.63) is 29.8 Å². The van der Waals surface area contributed by atoms with Gasteiger partial charge in [0, 0.05) is 12.1 Å². The molecule has 0 fully saturated rings. The standard InChI is InChI=1S/C17H27N3O3/c1-13(2)9-10-18-17(22)19-16(21)12-20(3)11-14-5-7-15(23-4)8-6-14/h5-8,13H,9-12H2,1-4H3,(H2,18,19,21,22)/p+1. The van der Waals surface area contributed by atoms with Gasteiger partial charge in [0.1, 0.15) is 12.3 Å². The Morgan fingerprint density at radius 3 is 2.43 bits per heavy atom. The van der Waals surface area contributed by atoms with Crippen molar-refractivity contribution < 1.29 is 19.2 Å². The zero-order valence-corrected chi connectivity index (χ0v) is 14.4. The zero-order valence-electron chi connectivity index (χ0n) is 14.4. The van der Waals surface area contributed by atoms with Crippen LogP contribution in [-0.4, -0.2) is 39.2 Å². The number of urea groups is 1. The summed E-state index contributed by atoms with van der Waals surface area (Å²) in [7, 11) is 3.55. The van der Waals surface area contributed by atoms with Gasteiger partial charge < -0.3 is 15.0 Å². The molecule has 0 aliphatic rings. The van der Waals surface area contributed by atoms with Crippen LogP contribution in [0.5, 0.6) is 5.75 Å². The molecule has 6 heteroatoms. The minimum absolute atomic E-state index is 0.240. The molecular weight excluding hydrogens is 294 g/mol. The molecule has 1 unspecified atom stereocenters. The predicted octanol–water partition coefficient (Wildman–Crippen LogP) is 0.582. The third-order valence-electron chi connectivity index (χ3n) is 3.39. The van der Waals surface area contributed by atoms with Crippen molar-refractivity contribution in [3.63, 3.8) is 0 Å². The lowest BCUT2D eigenvalue weighted by Crippen LogP contribution is -3.09. The van der Waals surface area contributed by atoms with Crippen molar-refractivity contribution in [2.75, 3.05) is 27.2 Å². The van der Waals surface area contributed by atoms with Crippen LogP contribution in [0.2, 0.25) is 0 Å². The molecule has 23 heavy (non-hydrogen) atoms. The maximum absolute atomic E-state index is 11.8. The summed E-state index contributed by atoms with van der Waals surface area (Å²) in [6, 6.07) is 7.31. The van der Waals surface area contributed by atoms with Crippen LogP contribution in [0.4, 0.5) is 4.79 Å². The quantitative estimate of drug-likeness (QED) is 0.656. The predicted molar refractivity (Wildman–Crippen MR) is 89.4 cm³/mol. The second-order valence-electron chi connectivity index (χ2n) is 6.15. The van der Waals surface area contributed by atoms with E-state index in [-0.39, 0.29) is 12.5 Å². The molecule has 0 saturated heterocycles. The smallest absolute Gasteiger partial charge is 0.321 e. The third kappa shape index (κ3) is 8.21. The molecule has 0 spiro atoms. The van der Waals surface area contributed by atoms with Crippen LogP contribution in [0.15, 0.2) is 24.3 Å². The molecule has 1 rings (SSSR count). The Morgan fingerprint density at radius 1 is 1.22 bits per heavy atom. The molecule has 1 aromatic rings. The third-order valence-corrected chi connectivity index (χ3v) is 3.39. The summed E-state index contributed by atoms with van der Waals surface area (Å²) in [4.78, 5) is 24.4. The number of ether oxygens (including phenoxy) is 1. The van der Waals surface area contributed by atoms with Gasteiger partial charge in [0.15, 0.2) is 6.54 Å². The summed E-state index contributed by atoms with van der Waals surface area (Å²) in [5.74, 6) is 1.05. The Morgan fingerprint density at radius 2 is 1.87 bits per heavy atom. The number of nitrogens with one attached hydrogen (secondary N) is 3. The number of carbonyl (C=O) groups is 2. The monoisotopic (exact) mass is 322 g/mol. The molecular formula is C17H28N3O3+. The minimum atomic E-state index is -0.423. The van der Waals surface area contributed by atoms with Gasteiger partial charge >= 0.3 is 6.03 Å². The number of quaternary nitrogens is 1. The summed E-state index contributed by atoms with van der Waals surface area (Å²) in [6.45, 7) is 5.69. The first-order valence-electron chi connectivity index (χ1n) is 7.92. The van der Waals surface area contributed by atoms with E-state index in [4.69, 9.17) is 4.74 Å². The number of methoxy groups -OCH3 is 1. The summed E-state index contributed by atoms with van der Waals surface area (Å²) < 4.78 is 5.11. The highest BCUT2D eigenvalue weighted by Crippen LogP contribution is 2.10. The lowest BCUT2D eigenvalue weighted by atomic mass is 10.1. The normalized spacial score (nSPS) is 11.9. The number of likely N-dealkylation sites (N-methyl/N-ethyl adjacent to an activating group) is 1. The van der Waals surface area contributed by atoms with E-state index in [1.54, 1.807) is 7.11 Å². The topological polar surface area (TPSA) is 71.9 Å². The highest BCUT2D eigenvalue weighted by Gasteiger charge is 2.13. The molecule has 0 aromatic heterocycles.